The lowest BCUT2D eigenvalue weighted by Gasteiger charge is -2.29. The fourth-order valence-corrected chi connectivity index (χ4v) is 2.56. The first-order chi connectivity index (χ1) is 13.8. The van der Waals surface area contributed by atoms with Crippen molar-refractivity contribution in [2.45, 2.75) is 33.2 Å². The fraction of sp³-hybridized carbons (Fsp3) is 0.444. The number of carbonyl (C=O) groups excluding carboxylic acids is 2. The molecule has 0 bridgehead atoms. The second kappa shape index (κ2) is 10.2. The van der Waals surface area contributed by atoms with E-state index in [2.05, 4.69) is 9.97 Å². The quantitative estimate of drug-likeness (QED) is 0.330. The highest BCUT2D eigenvalue weighted by Gasteiger charge is 2.21. The van der Waals surface area contributed by atoms with Crippen LogP contribution in [0.5, 0.6) is 5.75 Å². The molecule has 0 aromatic carbocycles. The van der Waals surface area contributed by atoms with Gasteiger partial charge in [0.25, 0.3) is 0 Å². The van der Waals surface area contributed by atoms with Crippen LogP contribution in [0.3, 0.4) is 0 Å². The first-order valence-corrected chi connectivity index (χ1v) is 8.91. The summed E-state index contributed by atoms with van der Waals surface area (Å²) in [4.78, 5) is 42.7. The molecule has 2 aromatic heterocycles. The van der Waals surface area contributed by atoms with Crippen LogP contribution in [0, 0.1) is 10.1 Å². The summed E-state index contributed by atoms with van der Waals surface area (Å²) >= 11 is 0. The Balaban J connectivity index is 1.93. The van der Waals surface area contributed by atoms with Crippen molar-refractivity contribution in [3.05, 3.63) is 34.6 Å². The standard InChI is InChI=1S/C18H22N4O7/c1-4-14(11-28-13(3)24)21(12(2)23)7-8-27-15-9-19-18(20-10-15)16-5-6-17(29-16)22(25)26/h5-6,9-10,14H,4,7-8,11H2,1-3H3. The molecular formula is C18H22N4O7. The number of furan rings is 1. The van der Waals surface area contributed by atoms with Gasteiger partial charge < -0.3 is 18.8 Å². The zero-order valence-corrected chi connectivity index (χ0v) is 16.4. The summed E-state index contributed by atoms with van der Waals surface area (Å²) in [5.41, 5.74) is 0. The molecule has 0 spiro atoms. The summed E-state index contributed by atoms with van der Waals surface area (Å²) in [6.07, 6.45) is 3.44. The second-order valence-corrected chi connectivity index (χ2v) is 6.06. The lowest BCUT2D eigenvalue weighted by molar-refractivity contribution is -0.401. The zero-order valence-electron chi connectivity index (χ0n) is 16.4. The Hall–Kier alpha value is -3.50. The largest absolute Gasteiger partial charge is 0.489 e. The number of esters is 1. The lowest BCUT2D eigenvalue weighted by atomic mass is 10.2. The van der Waals surface area contributed by atoms with Crippen LogP contribution < -0.4 is 4.74 Å². The Morgan fingerprint density at radius 1 is 1.28 bits per heavy atom. The predicted molar refractivity (Wildman–Crippen MR) is 100.0 cm³/mol. The van der Waals surface area contributed by atoms with Gasteiger partial charge in [-0.3, -0.25) is 19.7 Å². The van der Waals surface area contributed by atoms with Crippen LogP contribution in [0.25, 0.3) is 11.6 Å². The number of nitrogens with zero attached hydrogens (tertiary/aromatic N) is 4. The number of amides is 1. The summed E-state index contributed by atoms with van der Waals surface area (Å²) in [7, 11) is 0. The number of rotatable bonds is 10. The number of ether oxygens (including phenoxy) is 2. The first-order valence-electron chi connectivity index (χ1n) is 8.91. The van der Waals surface area contributed by atoms with Gasteiger partial charge in [0.2, 0.25) is 5.91 Å². The summed E-state index contributed by atoms with van der Waals surface area (Å²) in [5, 5.41) is 10.7. The summed E-state index contributed by atoms with van der Waals surface area (Å²) < 4.78 is 15.6. The summed E-state index contributed by atoms with van der Waals surface area (Å²) in [6.45, 7) is 5.26. The van der Waals surface area contributed by atoms with E-state index in [-0.39, 0.29) is 36.7 Å². The Labute approximate surface area is 166 Å². The van der Waals surface area contributed by atoms with Gasteiger partial charge in [-0.1, -0.05) is 6.92 Å². The van der Waals surface area contributed by atoms with Gasteiger partial charge in [-0.25, -0.2) is 9.97 Å². The van der Waals surface area contributed by atoms with E-state index in [1.165, 1.54) is 38.4 Å². The lowest BCUT2D eigenvalue weighted by Crippen LogP contribution is -2.44. The van der Waals surface area contributed by atoms with E-state index in [0.29, 0.717) is 18.7 Å². The number of carbonyl (C=O) groups is 2. The fourth-order valence-electron chi connectivity index (χ4n) is 2.56. The maximum Gasteiger partial charge on any atom is 0.433 e. The van der Waals surface area contributed by atoms with Gasteiger partial charge in [-0.05, 0) is 12.5 Å². The highest BCUT2D eigenvalue weighted by molar-refractivity contribution is 5.73. The van der Waals surface area contributed by atoms with E-state index >= 15 is 0 Å². The van der Waals surface area contributed by atoms with Gasteiger partial charge in [0, 0.05) is 13.8 Å². The van der Waals surface area contributed by atoms with Gasteiger partial charge >= 0.3 is 11.9 Å². The van der Waals surface area contributed by atoms with Crippen molar-refractivity contribution in [1.82, 2.24) is 14.9 Å². The molecule has 11 heteroatoms. The molecule has 1 atom stereocenters. The van der Waals surface area contributed by atoms with Crippen molar-refractivity contribution in [3.8, 4) is 17.3 Å². The minimum absolute atomic E-state index is 0.124. The van der Waals surface area contributed by atoms with E-state index in [9.17, 15) is 19.7 Å². The molecule has 1 unspecified atom stereocenters. The van der Waals surface area contributed by atoms with Crippen molar-refractivity contribution in [1.29, 1.82) is 0 Å². The van der Waals surface area contributed by atoms with Gasteiger partial charge in [0.1, 0.15) is 18.1 Å². The Bertz CT molecular complexity index is 850. The summed E-state index contributed by atoms with van der Waals surface area (Å²) in [6, 6.07) is 2.39. The minimum atomic E-state index is -0.646. The smallest absolute Gasteiger partial charge is 0.433 e. The van der Waals surface area contributed by atoms with Gasteiger partial charge in [-0.2, -0.15) is 0 Å². The van der Waals surface area contributed by atoms with Gasteiger partial charge in [-0.15, -0.1) is 0 Å². The Morgan fingerprint density at radius 3 is 2.48 bits per heavy atom. The molecule has 29 heavy (non-hydrogen) atoms. The molecule has 0 aliphatic heterocycles. The Kier molecular flexibility index (Phi) is 7.63. The molecule has 2 heterocycles. The molecule has 1 amide bonds. The predicted octanol–water partition coefficient (Wildman–Crippen LogP) is 2.21. The van der Waals surface area contributed by atoms with Crippen LogP contribution in [-0.2, 0) is 14.3 Å². The molecule has 0 fully saturated rings. The highest BCUT2D eigenvalue weighted by Crippen LogP contribution is 2.23. The average Bonchev–Trinajstić information content (AvgIpc) is 3.17. The molecule has 0 saturated heterocycles. The van der Waals surface area contributed by atoms with Crippen LogP contribution in [0.15, 0.2) is 28.9 Å². The maximum atomic E-state index is 11.9. The normalized spacial score (nSPS) is 11.6. The molecule has 2 rings (SSSR count). The van der Waals surface area contributed by atoms with Gasteiger partial charge in [0.15, 0.2) is 17.3 Å². The maximum absolute atomic E-state index is 11.9. The molecule has 0 aliphatic carbocycles. The molecular weight excluding hydrogens is 384 g/mol. The van der Waals surface area contributed by atoms with E-state index in [0.717, 1.165) is 0 Å². The molecule has 2 aromatic rings. The van der Waals surface area contributed by atoms with Crippen molar-refractivity contribution in [2.75, 3.05) is 19.8 Å². The van der Waals surface area contributed by atoms with Crippen molar-refractivity contribution >= 4 is 17.8 Å². The molecule has 0 N–H and O–H groups in total. The molecule has 0 aliphatic rings. The number of hydrogen-bond acceptors (Lipinski definition) is 9. The number of nitro groups is 1. The number of hydrogen-bond donors (Lipinski definition) is 0. The molecule has 11 nitrogen and oxygen atoms in total. The van der Waals surface area contributed by atoms with E-state index in [1.54, 1.807) is 4.90 Å². The van der Waals surface area contributed by atoms with E-state index in [1.807, 2.05) is 6.92 Å². The van der Waals surface area contributed by atoms with Gasteiger partial charge in [0.05, 0.1) is 31.0 Å². The second-order valence-electron chi connectivity index (χ2n) is 6.06. The highest BCUT2D eigenvalue weighted by atomic mass is 16.6. The molecule has 156 valence electrons. The number of aromatic nitrogens is 2. The van der Waals surface area contributed by atoms with Crippen LogP contribution in [0.4, 0.5) is 5.88 Å². The summed E-state index contributed by atoms with van der Waals surface area (Å²) in [5.74, 6) is -0.231. The third kappa shape index (κ3) is 6.26. The van der Waals surface area contributed by atoms with Crippen molar-refractivity contribution < 1.29 is 28.4 Å². The van der Waals surface area contributed by atoms with Crippen LogP contribution in [-0.4, -0.2) is 57.5 Å². The van der Waals surface area contributed by atoms with E-state index in [4.69, 9.17) is 13.9 Å². The SMILES string of the molecule is CCC(COC(C)=O)N(CCOc1cnc(-c2ccc([N+](=O)[O-])o2)nc1)C(C)=O. The monoisotopic (exact) mass is 406 g/mol. The average molecular weight is 406 g/mol. The molecule has 0 saturated carbocycles. The van der Waals surface area contributed by atoms with Crippen molar-refractivity contribution in [3.63, 3.8) is 0 Å². The topological polar surface area (TPSA) is 138 Å². The third-order valence-electron chi connectivity index (χ3n) is 4.02. The first kappa shape index (κ1) is 21.8. The van der Waals surface area contributed by atoms with Crippen LogP contribution in [0.1, 0.15) is 27.2 Å². The Morgan fingerprint density at radius 2 is 1.97 bits per heavy atom. The molecule has 0 radical (unpaired) electrons. The van der Waals surface area contributed by atoms with Crippen molar-refractivity contribution in [2.24, 2.45) is 0 Å². The third-order valence-corrected chi connectivity index (χ3v) is 4.02. The zero-order chi connectivity index (χ0) is 21.4. The van der Waals surface area contributed by atoms with E-state index < -0.39 is 16.8 Å². The van der Waals surface area contributed by atoms with Crippen LogP contribution in [0.2, 0.25) is 0 Å². The minimum Gasteiger partial charge on any atom is -0.489 e. The van der Waals surface area contributed by atoms with Crippen LogP contribution >= 0.6 is 0 Å².